The third kappa shape index (κ3) is 1.57. The number of hydrogen-bond donors (Lipinski definition) is 1. The van der Waals surface area contributed by atoms with E-state index in [0.29, 0.717) is 5.01 Å². The van der Waals surface area contributed by atoms with Crippen LogP contribution >= 0.6 is 11.3 Å². The molecule has 1 aliphatic heterocycles. The molecule has 0 aliphatic carbocycles. The van der Waals surface area contributed by atoms with Gasteiger partial charge in [-0.1, -0.05) is 0 Å². The molecule has 0 aromatic carbocycles. The molecule has 2 heterocycles. The summed E-state index contributed by atoms with van der Waals surface area (Å²) in [7, 11) is 1.38. The van der Waals surface area contributed by atoms with E-state index in [4.69, 9.17) is 0 Å². The summed E-state index contributed by atoms with van der Waals surface area (Å²) in [5.74, 6) is -0.334. The van der Waals surface area contributed by atoms with Gasteiger partial charge in [0, 0.05) is 24.4 Å². The summed E-state index contributed by atoms with van der Waals surface area (Å²) in [6.07, 6.45) is 0.906. The normalized spacial score (nSPS) is 15.2. The molecule has 5 heteroatoms. The van der Waals surface area contributed by atoms with Gasteiger partial charge in [0.05, 0.1) is 12.8 Å². The highest BCUT2D eigenvalue weighted by molar-refractivity contribution is 7.13. The minimum Gasteiger partial charge on any atom is -0.464 e. The molecule has 13 heavy (non-hydrogen) atoms. The third-order valence-corrected chi connectivity index (χ3v) is 3.04. The number of fused-ring (bicyclic) bond motifs is 1. The van der Waals surface area contributed by atoms with Gasteiger partial charge in [-0.2, -0.15) is 0 Å². The highest BCUT2D eigenvalue weighted by Gasteiger charge is 2.18. The molecule has 1 aromatic rings. The number of hydrogen-bond acceptors (Lipinski definition) is 5. The quantitative estimate of drug-likeness (QED) is 0.670. The number of thiazole rings is 1. The van der Waals surface area contributed by atoms with Crippen LogP contribution < -0.4 is 5.32 Å². The molecule has 0 spiro atoms. The van der Waals surface area contributed by atoms with Crippen molar-refractivity contribution in [1.29, 1.82) is 0 Å². The number of ether oxygens (including phenoxy) is 1. The number of aromatic nitrogens is 1. The summed E-state index contributed by atoms with van der Waals surface area (Å²) in [5, 5.41) is 3.70. The first-order chi connectivity index (χ1) is 6.31. The zero-order valence-electron chi connectivity index (χ0n) is 7.29. The number of rotatable bonds is 1. The van der Waals surface area contributed by atoms with Crippen molar-refractivity contribution in [3.05, 3.63) is 15.6 Å². The summed E-state index contributed by atoms with van der Waals surface area (Å²) in [6.45, 7) is 1.77. The van der Waals surface area contributed by atoms with Crippen molar-refractivity contribution in [2.45, 2.75) is 13.0 Å². The molecule has 0 atom stereocenters. The topological polar surface area (TPSA) is 51.2 Å². The molecule has 2 rings (SSSR count). The van der Waals surface area contributed by atoms with Gasteiger partial charge in [0.15, 0.2) is 0 Å². The lowest BCUT2D eigenvalue weighted by Gasteiger charge is -2.09. The molecule has 0 saturated carbocycles. The molecule has 0 saturated heterocycles. The van der Waals surface area contributed by atoms with Crippen molar-refractivity contribution in [2.75, 3.05) is 13.7 Å². The summed E-state index contributed by atoms with van der Waals surface area (Å²) < 4.78 is 4.60. The van der Waals surface area contributed by atoms with Crippen molar-refractivity contribution in [3.8, 4) is 0 Å². The Labute approximate surface area is 79.9 Å². The number of esters is 1. The highest BCUT2D eigenvalue weighted by Crippen LogP contribution is 2.21. The lowest BCUT2D eigenvalue weighted by molar-refractivity contribution is 0.0600. The Kier molecular flexibility index (Phi) is 2.28. The summed E-state index contributed by atoms with van der Waals surface area (Å²) in [4.78, 5) is 16.5. The number of nitrogens with one attached hydrogen (secondary N) is 1. The summed E-state index contributed by atoms with van der Waals surface area (Å²) in [6, 6.07) is 0. The first-order valence-corrected chi connectivity index (χ1v) is 4.90. The van der Waals surface area contributed by atoms with Crippen LogP contribution in [0.3, 0.4) is 0 Å². The minimum atomic E-state index is -0.334. The zero-order chi connectivity index (χ0) is 9.26. The lowest BCUT2D eigenvalue weighted by Crippen LogP contribution is -2.22. The number of carbonyl (C=O) groups excluding carboxylic acids is 1. The monoisotopic (exact) mass is 198 g/mol. The van der Waals surface area contributed by atoms with Crippen LogP contribution in [0.4, 0.5) is 0 Å². The predicted octanol–water partition coefficient (Wildman–Crippen LogP) is 0.575. The van der Waals surface area contributed by atoms with E-state index in [2.05, 4.69) is 15.0 Å². The summed E-state index contributed by atoms with van der Waals surface area (Å²) >= 11 is 1.42. The van der Waals surface area contributed by atoms with Crippen molar-refractivity contribution in [1.82, 2.24) is 10.3 Å². The Morgan fingerprint density at radius 2 is 2.54 bits per heavy atom. The summed E-state index contributed by atoms with van der Waals surface area (Å²) in [5.41, 5.74) is 1.05. The van der Waals surface area contributed by atoms with Gasteiger partial charge in [-0.25, -0.2) is 9.78 Å². The minimum absolute atomic E-state index is 0.334. The molecule has 1 N–H and O–H groups in total. The maximum Gasteiger partial charge on any atom is 0.367 e. The second-order valence-corrected chi connectivity index (χ2v) is 3.89. The first kappa shape index (κ1) is 8.65. The van der Waals surface area contributed by atoms with E-state index < -0.39 is 0 Å². The van der Waals surface area contributed by atoms with E-state index in [-0.39, 0.29) is 5.97 Å². The maximum atomic E-state index is 11.1. The molecule has 1 aliphatic rings. The smallest absolute Gasteiger partial charge is 0.367 e. The molecule has 0 radical (unpaired) electrons. The van der Waals surface area contributed by atoms with E-state index in [1.807, 2.05) is 0 Å². The Hall–Kier alpha value is -0.940. The first-order valence-electron chi connectivity index (χ1n) is 4.09. The van der Waals surface area contributed by atoms with Crippen molar-refractivity contribution in [3.63, 3.8) is 0 Å². The van der Waals surface area contributed by atoms with Crippen LogP contribution in [-0.2, 0) is 17.7 Å². The van der Waals surface area contributed by atoms with Crippen molar-refractivity contribution in [2.24, 2.45) is 0 Å². The molecule has 0 fully saturated rings. The molecule has 4 nitrogen and oxygen atoms in total. The maximum absolute atomic E-state index is 11.1. The van der Waals surface area contributed by atoms with Gasteiger partial charge in [-0.3, -0.25) is 0 Å². The van der Waals surface area contributed by atoms with Crippen LogP contribution in [0.5, 0.6) is 0 Å². The number of methoxy groups -OCH3 is 1. The van der Waals surface area contributed by atoms with Crippen LogP contribution in [0.25, 0.3) is 0 Å². The van der Waals surface area contributed by atoms with Gasteiger partial charge in [0.2, 0.25) is 5.01 Å². The average molecular weight is 198 g/mol. The highest BCUT2D eigenvalue weighted by atomic mass is 32.1. The Morgan fingerprint density at radius 3 is 3.23 bits per heavy atom. The Bertz CT molecular complexity index is 311. The average Bonchev–Trinajstić information content (AvgIpc) is 2.59. The lowest BCUT2D eigenvalue weighted by atomic mass is 10.2. The van der Waals surface area contributed by atoms with E-state index in [1.54, 1.807) is 0 Å². The number of carbonyl (C=O) groups is 1. The van der Waals surface area contributed by atoms with Gasteiger partial charge >= 0.3 is 5.97 Å². The van der Waals surface area contributed by atoms with Crippen molar-refractivity contribution >= 4 is 17.3 Å². The second-order valence-electron chi connectivity index (χ2n) is 2.81. The fraction of sp³-hybridized carbons (Fsp3) is 0.500. The van der Waals surface area contributed by atoms with Crippen molar-refractivity contribution < 1.29 is 9.53 Å². The third-order valence-electron chi connectivity index (χ3n) is 1.96. The molecular weight excluding hydrogens is 188 g/mol. The second kappa shape index (κ2) is 3.43. The zero-order valence-corrected chi connectivity index (χ0v) is 8.11. The number of nitrogens with zero attached hydrogens (tertiary/aromatic N) is 1. The molecule has 0 amide bonds. The van der Waals surface area contributed by atoms with E-state index in [0.717, 1.165) is 30.1 Å². The van der Waals surface area contributed by atoms with E-state index in [1.165, 1.54) is 18.4 Å². The fourth-order valence-electron chi connectivity index (χ4n) is 1.30. The van der Waals surface area contributed by atoms with Crippen LogP contribution in [-0.4, -0.2) is 24.6 Å². The Morgan fingerprint density at radius 1 is 1.69 bits per heavy atom. The van der Waals surface area contributed by atoms with E-state index in [9.17, 15) is 4.79 Å². The van der Waals surface area contributed by atoms with Crippen LogP contribution in [0, 0.1) is 0 Å². The molecule has 70 valence electrons. The predicted molar refractivity (Wildman–Crippen MR) is 48.9 cm³/mol. The van der Waals surface area contributed by atoms with Crippen LogP contribution in [0.1, 0.15) is 20.4 Å². The molecule has 0 bridgehead atoms. The van der Waals surface area contributed by atoms with Gasteiger partial charge in [0.25, 0.3) is 0 Å². The molecule has 1 aromatic heterocycles. The largest absolute Gasteiger partial charge is 0.464 e. The van der Waals surface area contributed by atoms with Crippen LogP contribution in [0.2, 0.25) is 0 Å². The van der Waals surface area contributed by atoms with E-state index >= 15 is 0 Å². The molecule has 0 unspecified atom stereocenters. The molecular formula is C8H10N2O2S. The van der Waals surface area contributed by atoms with Gasteiger partial charge in [-0.05, 0) is 0 Å². The van der Waals surface area contributed by atoms with Gasteiger partial charge in [0.1, 0.15) is 0 Å². The SMILES string of the molecule is COC(=O)c1nc2c(s1)CNCC2. The standard InChI is InChI=1S/C8H10N2O2S/c1-12-8(11)7-10-5-2-3-9-4-6(5)13-7/h9H,2-4H2,1H3. The van der Waals surface area contributed by atoms with Gasteiger partial charge < -0.3 is 10.1 Å². The van der Waals surface area contributed by atoms with Crippen LogP contribution in [0.15, 0.2) is 0 Å². The fourth-order valence-corrected chi connectivity index (χ4v) is 2.30. The Balaban J connectivity index is 2.30. The van der Waals surface area contributed by atoms with Gasteiger partial charge in [-0.15, -0.1) is 11.3 Å².